The summed E-state index contributed by atoms with van der Waals surface area (Å²) < 4.78 is 0. The van der Waals surface area contributed by atoms with E-state index >= 15 is 0 Å². The van der Waals surface area contributed by atoms with Crippen LogP contribution in [0.5, 0.6) is 0 Å². The summed E-state index contributed by atoms with van der Waals surface area (Å²) in [5, 5.41) is 6.16. The lowest BCUT2D eigenvalue weighted by Crippen LogP contribution is -2.40. The van der Waals surface area contributed by atoms with Gasteiger partial charge in [-0.25, -0.2) is 0 Å². The van der Waals surface area contributed by atoms with Crippen molar-refractivity contribution in [1.29, 1.82) is 0 Å². The molecule has 0 aromatic rings. The van der Waals surface area contributed by atoms with Gasteiger partial charge >= 0.3 is 0 Å². The number of amides is 1. The minimum absolute atomic E-state index is 0.102. The largest absolute Gasteiger partial charge is 0.355 e. The maximum Gasteiger partial charge on any atom is 0.233 e. The van der Waals surface area contributed by atoms with Gasteiger partial charge in [0, 0.05) is 13.1 Å². The molecule has 0 spiro atoms. The maximum atomic E-state index is 11.5. The summed E-state index contributed by atoms with van der Waals surface area (Å²) >= 11 is 0. The molecule has 0 aliphatic heterocycles. The molecular weight excluding hydrogens is 212 g/mol. The second-order valence-corrected chi connectivity index (χ2v) is 6.28. The number of carbonyl (C=O) groups excluding carboxylic acids is 1. The van der Waals surface area contributed by atoms with E-state index < -0.39 is 0 Å². The number of nitrogens with one attached hydrogen (secondary N) is 2. The Kier molecular flexibility index (Phi) is 7.44. The summed E-state index contributed by atoms with van der Waals surface area (Å²) in [5.41, 5.74) is 0.234. The summed E-state index contributed by atoms with van der Waals surface area (Å²) in [7, 11) is 0. The van der Waals surface area contributed by atoms with E-state index in [4.69, 9.17) is 0 Å². The summed E-state index contributed by atoms with van der Waals surface area (Å²) in [6.45, 7) is 15.3. The Labute approximate surface area is 107 Å². The molecule has 0 unspecified atom stereocenters. The van der Waals surface area contributed by atoms with Crippen LogP contribution in [0, 0.1) is 17.3 Å². The normalized spacial score (nSPS) is 12.2. The summed E-state index contributed by atoms with van der Waals surface area (Å²) in [4.78, 5) is 11.5. The van der Waals surface area contributed by atoms with Gasteiger partial charge in [0.25, 0.3) is 0 Å². The minimum atomic E-state index is 0.102. The van der Waals surface area contributed by atoms with Crippen molar-refractivity contribution >= 4 is 5.91 Å². The molecular formula is C14H30N2O. The molecule has 0 fully saturated rings. The van der Waals surface area contributed by atoms with Crippen LogP contribution in [0.2, 0.25) is 0 Å². The molecule has 0 saturated carbocycles. The molecule has 3 heteroatoms. The predicted octanol–water partition coefficient (Wildman–Crippen LogP) is 2.42. The first-order valence-electron chi connectivity index (χ1n) is 6.73. The second kappa shape index (κ2) is 7.70. The van der Waals surface area contributed by atoms with E-state index in [1.165, 1.54) is 0 Å². The van der Waals surface area contributed by atoms with Gasteiger partial charge in [0.15, 0.2) is 0 Å². The van der Waals surface area contributed by atoms with E-state index in [0.717, 1.165) is 19.5 Å². The van der Waals surface area contributed by atoms with Gasteiger partial charge in [-0.05, 0) is 23.7 Å². The van der Waals surface area contributed by atoms with Crippen molar-refractivity contribution < 1.29 is 4.79 Å². The monoisotopic (exact) mass is 242 g/mol. The summed E-state index contributed by atoms with van der Waals surface area (Å²) in [6.07, 6.45) is 1.04. The van der Waals surface area contributed by atoms with Crippen molar-refractivity contribution in [2.24, 2.45) is 17.3 Å². The fourth-order valence-electron chi connectivity index (χ4n) is 1.27. The van der Waals surface area contributed by atoms with Crippen LogP contribution in [0.1, 0.15) is 48.0 Å². The minimum Gasteiger partial charge on any atom is -0.355 e. The lowest BCUT2D eigenvalue weighted by atomic mass is 9.81. The highest BCUT2D eigenvalue weighted by Crippen LogP contribution is 2.24. The highest BCUT2D eigenvalue weighted by atomic mass is 16.1. The topological polar surface area (TPSA) is 41.1 Å². The molecule has 0 aromatic heterocycles. The molecule has 0 aromatic carbocycles. The average molecular weight is 242 g/mol. The SMILES string of the molecule is CC(C)CCNC(=O)CNCC(C)(C)C(C)C. The van der Waals surface area contributed by atoms with E-state index in [2.05, 4.69) is 52.2 Å². The van der Waals surface area contributed by atoms with Crippen LogP contribution in [0.4, 0.5) is 0 Å². The Morgan fingerprint density at radius 2 is 1.76 bits per heavy atom. The van der Waals surface area contributed by atoms with Gasteiger partial charge in [-0.15, -0.1) is 0 Å². The molecule has 17 heavy (non-hydrogen) atoms. The zero-order valence-electron chi connectivity index (χ0n) is 12.4. The Morgan fingerprint density at radius 3 is 2.24 bits per heavy atom. The van der Waals surface area contributed by atoms with E-state index in [9.17, 15) is 4.79 Å². The van der Waals surface area contributed by atoms with E-state index in [-0.39, 0.29) is 11.3 Å². The average Bonchev–Trinajstić information content (AvgIpc) is 2.16. The van der Waals surface area contributed by atoms with Gasteiger partial charge in [-0.1, -0.05) is 41.5 Å². The van der Waals surface area contributed by atoms with Crippen molar-refractivity contribution in [2.75, 3.05) is 19.6 Å². The van der Waals surface area contributed by atoms with E-state index in [0.29, 0.717) is 18.4 Å². The molecule has 0 bridgehead atoms. The molecule has 3 nitrogen and oxygen atoms in total. The van der Waals surface area contributed by atoms with E-state index in [1.54, 1.807) is 0 Å². The zero-order chi connectivity index (χ0) is 13.5. The van der Waals surface area contributed by atoms with Gasteiger partial charge in [-0.2, -0.15) is 0 Å². The zero-order valence-corrected chi connectivity index (χ0v) is 12.4. The molecule has 1 amide bonds. The third-order valence-electron chi connectivity index (χ3n) is 3.47. The highest BCUT2D eigenvalue weighted by Gasteiger charge is 2.21. The molecule has 0 aliphatic carbocycles. The molecule has 0 saturated heterocycles. The standard InChI is InChI=1S/C14H30N2O/c1-11(2)7-8-16-13(17)9-15-10-14(5,6)12(3)4/h11-12,15H,7-10H2,1-6H3,(H,16,17). The smallest absolute Gasteiger partial charge is 0.233 e. The Balaban J connectivity index is 3.65. The molecule has 0 atom stereocenters. The van der Waals surface area contributed by atoms with Gasteiger partial charge in [0.1, 0.15) is 0 Å². The highest BCUT2D eigenvalue weighted by molar-refractivity contribution is 5.77. The molecule has 2 N–H and O–H groups in total. The van der Waals surface area contributed by atoms with Crippen molar-refractivity contribution in [1.82, 2.24) is 10.6 Å². The van der Waals surface area contributed by atoms with Gasteiger partial charge < -0.3 is 10.6 Å². The fourth-order valence-corrected chi connectivity index (χ4v) is 1.27. The fraction of sp³-hybridized carbons (Fsp3) is 0.929. The lowest BCUT2D eigenvalue weighted by molar-refractivity contribution is -0.120. The van der Waals surface area contributed by atoms with Crippen LogP contribution < -0.4 is 10.6 Å². The van der Waals surface area contributed by atoms with E-state index in [1.807, 2.05) is 0 Å². The summed E-state index contributed by atoms with van der Waals surface area (Å²) in [5.74, 6) is 1.35. The Morgan fingerprint density at radius 1 is 1.18 bits per heavy atom. The first-order chi connectivity index (χ1) is 7.75. The van der Waals surface area contributed by atoms with Crippen LogP contribution in [-0.2, 0) is 4.79 Å². The van der Waals surface area contributed by atoms with Crippen molar-refractivity contribution in [3.8, 4) is 0 Å². The molecule has 0 aliphatic rings. The quantitative estimate of drug-likeness (QED) is 0.686. The molecule has 0 rings (SSSR count). The van der Waals surface area contributed by atoms with Gasteiger partial charge in [0.2, 0.25) is 5.91 Å². The van der Waals surface area contributed by atoms with Crippen LogP contribution in [0.15, 0.2) is 0 Å². The first kappa shape index (κ1) is 16.4. The second-order valence-electron chi connectivity index (χ2n) is 6.28. The first-order valence-corrected chi connectivity index (χ1v) is 6.73. The van der Waals surface area contributed by atoms with Crippen LogP contribution >= 0.6 is 0 Å². The number of carbonyl (C=O) groups is 1. The molecule has 0 heterocycles. The number of hydrogen-bond donors (Lipinski definition) is 2. The third-order valence-corrected chi connectivity index (χ3v) is 3.47. The summed E-state index contributed by atoms with van der Waals surface area (Å²) in [6, 6.07) is 0. The lowest BCUT2D eigenvalue weighted by Gasteiger charge is -2.29. The van der Waals surface area contributed by atoms with Crippen molar-refractivity contribution in [2.45, 2.75) is 48.0 Å². The van der Waals surface area contributed by atoms with Gasteiger partial charge in [-0.3, -0.25) is 4.79 Å². The molecule has 0 radical (unpaired) electrons. The third kappa shape index (κ3) is 8.19. The predicted molar refractivity (Wildman–Crippen MR) is 74.0 cm³/mol. The maximum absolute atomic E-state index is 11.5. The van der Waals surface area contributed by atoms with Crippen LogP contribution in [0.3, 0.4) is 0 Å². The van der Waals surface area contributed by atoms with Crippen molar-refractivity contribution in [3.05, 3.63) is 0 Å². The Bertz CT molecular complexity index is 222. The molecule has 102 valence electrons. The van der Waals surface area contributed by atoms with Gasteiger partial charge in [0.05, 0.1) is 6.54 Å². The van der Waals surface area contributed by atoms with Crippen LogP contribution in [0.25, 0.3) is 0 Å². The number of rotatable bonds is 8. The number of hydrogen-bond acceptors (Lipinski definition) is 2. The van der Waals surface area contributed by atoms with Crippen molar-refractivity contribution in [3.63, 3.8) is 0 Å². The Hall–Kier alpha value is -0.570. The van der Waals surface area contributed by atoms with Crippen LogP contribution in [-0.4, -0.2) is 25.5 Å².